The second-order valence-electron chi connectivity index (χ2n) is 5.07. The van der Waals surface area contributed by atoms with Crippen molar-refractivity contribution in [1.29, 1.82) is 0 Å². The van der Waals surface area contributed by atoms with Gasteiger partial charge in [0, 0.05) is 15.1 Å². The molecule has 1 heterocycles. The van der Waals surface area contributed by atoms with Crippen molar-refractivity contribution in [3.8, 4) is 5.75 Å². The van der Waals surface area contributed by atoms with Gasteiger partial charge in [0.15, 0.2) is 0 Å². The number of halogens is 2. The van der Waals surface area contributed by atoms with Crippen LogP contribution in [0.3, 0.4) is 0 Å². The summed E-state index contributed by atoms with van der Waals surface area (Å²) in [5.74, 6) is 1.11. The summed E-state index contributed by atoms with van der Waals surface area (Å²) in [5, 5.41) is 5.32. The molecule has 0 N–H and O–H groups in total. The lowest BCUT2D eigenvalue weighted by molar-refractivity contribution is 0.414. The molecule has 0 saturated heterocycles. The molecule has 24 heavy (non-hydrogen) atoms. The Hall–Kier alpha value is -2.18. The zero-order valence-electron chi connectivity index (χ0n) is 13.0. The maximum absolute atomic E-state index is 12.7. The van der Waals surface area contributed by atoms with Crippen LogP contribution in [0, 0.1) is 6.92 Å². The highest BCUT2D eigenvalue weighted by Crippen LogP contribution is 2.21. The number of rotatable bonds is 3. The van der Waals surface area contributed by atoms with Gasteiger partial charge in [0.2, 0.25) is 0 Å². The van der Waals surface area contributed by atoms with E-state index >= 15 is 0 Å². The fourth-order valence-corrected chi connectivity index (χ4v) is 2.86. The van der Waals surface area contributed by atoms with Crippen molar-refractivity contribution in [2.24, 2.45) is 5.10 Å². The number of methoxy groups -OCH3 is 1. The summed E-state index contributed by atoms with van der Waals surface area (Å²) >= 11 is 9.38. The molecule has 0 radical (unpaired) electrons. The first-order chi connectivity index (χ1) is 11.5. The molecule has 5 nitrogen and oxygen atoms in total. The van der Waals surface area contributed by atoms with Crippen LogP contribution >= 0.6 is 27.5 Å². The van der Waals surface area contributed by atoms with Crippen LogP contribution in [-0.2, 0) is 0 Å². The standard InChI is InChI=1S/C17H13BrClN3O2/c1-10-21-15-5-3-12(18)8-14(15)17(23)22(10)20-9-11-7-13(19)4-6-16(11)24-2/h3-9H,1-2H3. The van der Waals surface area contributed by atoms with Crippen LogP contribution in [0.5, 0.6) is 5.75 Å². The second kappa shape index (κ2) is 6.75. The Morgan fingerprint density at radius 1 is 1.29 bits per heavy atom. The van der Waals surface area contributed by atoms with Crippen LogP contribution in [0.25, 0.3) is 10.9 Å². The number of ether oxygens (including phenoxy) is 1. The highest BCUT2D eigenvalue weighted by molar-refractivity contribution is 9.10. The third-order valence-corrected chi connectivity index (χ3v) is 4.20. The highest BCUT2D eigenvalue weighted by atomic mass is 79.9. The van der Waals surface area contributed by atoms with E-state index in [1.807, 2.05) is 6.07 Å². The van der Waals surface area contributed by atoms with E-state index in [4.69, 9.17) is 16.3 Å². The maximum Gasteiger partial charge on any atom is 0.282 e. The normalized spacial score (nSPS) is 11.3. The molecule has 7 heteroatoms. The molecule has 0 spiro atoms. The average Bonchev–Trinajstić information content (AvgIpc) is 2.55. The summed E-state index contributed by atoms with van der Waals surface area (Å²) < 4.78 is 7.35. The summed E-state index contributed by atoms with van der Waals surface area (Å²) in [5.41, 5.74) is 1.06. The van der Waals surface area contributed by atoms with Gasteiger partial charge in [-0.15, -0.1) is 0 Å². The van der Waals surface area contributed by atoms with E-state index in [2.05, 4.69) is 26.0 Å². The van der Waals surface area contributed by atoms with Crippen molar-refractivity contribution in [3.63, 3.8) is 0 Å². The van der Waals surface area contributed by atoms with Gasteiger partial charge >= 0.3 is 0 Å². The van der Waals surface area contributed by atoms with Crippen LogP contribution in [0.2, 0.25) is 5.02 Å². The molecule has 0 aliphatic heterocycles. The van der Waals surface area contributed by atoms with Gasteiger partial charge in [-0.3, -0.25) is 4.79 Å². The SMILES string of the molecule is COc1ccc(Cl)cc1C=Nn1c(C)nc2ccc(Br)cc2c1=O. The highest BCUT2D eigenvalue weighted by Gasteiger charge is 2.08. The molecular formula is C17H13BrClN3O2. The first kappa shape index (κ1) is 16.7. The van der Waals surface area contributed by atoms with Crippen LogP contribution in [0.4, 0.5) is 0 Å². The number of aryl methyl sites for hydroxylation is 1. The molecule has 1 aromatic heterocycles. The Kier molecular flexibility index (Phi) is 4.69. The molecule has 2 aromatic carbocycles. The zero-order valence-corrected chi connectivity index (χ0v) is 15.3. The Morgan fingerprint density at radius 2 is 2.08 bits per heavy atom. The molecule has 0 bridgehead atoms. The lowest BCUT2D eigenvalue weighted by Crippen LogP contribution is -2.20. The smallest absolute Gasteiger partial charge is 0.282 e. The first-order valence-corrected chi connectivity index (χ1v) is 8.23. The third-order valence-electron chi connectivity index (χ3n) is 3.47. The Labute approximate surface area is 151 Å². The van der Waals surface area contributed by atoms with Crippen LogP contribution in [-0.4, -0.2) is 23.0 Å². The first-order valence-electron chi connectivity index (χ1n) is 7.06. The number of hydrogen-bond acceptors (Lipinski definition) is 4. The molecule has 0 aliphatic carbocycles. The van der Waals surface area contributed by atoms with Gasteiger partial charge < -0.3 is 4.74 Å². The molecule has 0 amide bonds. The second-order valence-corrected chi connectivity index (χ2v) is 6.42. The predicted octanol–water partition coefficient (Wildman–Crippen LogP) is 4.01. The van der Waals surface area contributed by atoms with Crippen molar-refractivity contribution >= 4 is 44.6 Å². The average molecular weight is 407 g/mol. The lowest BCUT2D eigenvalue weighted by Gasteiger charge is -2.07. The fourth-order valence-electron chi connectivity index (χ4n) is 2.32. The number of nitrogens with zero attached hydrogens (tertiary/aromatic N) is 3. The van der Waals surface area contributed by atoms with Crippen molar-refractivity contribution in [2.45, 2.75) is 6.92 Å². The largest absolute Gasteiger partial charge is 0.496 e. The minimum absolute atomic E-state index is 0.240. The van der Waals surface area contributed by atoms with Crippen molar-refractivity contribution in [3.05, 3.63) is 67.6 Å². The van der Waals surface area contributed by atoms with E-state index in [1.165, 1.54) is 10.9 Å². The van der Waals surface area contributed by atoms with Gasteiger partial charge in [0.05, 0.1) is 24.2 Å². The number of benzene rings is 2. The van der Waals surface area contributed by atoms with Crippen LogP contribution in [0.1, 0.15) is 11.4 Å². The van der Waals surface area contributed by atoms with E-state index in [9.17, 15) is 4.79 Å². The molecule has 122 valence electrons. The molecule has 0 unspecified atom stereocenters. The summed E-state index contributed by atoms with van der Waals surface area (Å²) in [4.78, 5) is 17.1. The maximum atomic E-state index is 12.7. The Bertz CT molecular complexity index is 1010. The number of aromatic nitrogens is 2. The summed E-state index contributed by atoms with van der Waals surface area (Å²) in [7, 11) is 1.56. The predicted molar refractivity (Wildman–Crippen MR) is 99.4 cm³/mol. The van der Waals surface area contributed by atoms with Gasteiger partial charge in [-0.1, -0.05) is 27.5 Å². The molecule has 3 rings (SSSR count). The van der Waals surface area contributed by atoms with Crippen LogP contribution in [0.15, 0.2) is 50.8 Å². The molecular weight excluding hydrogens is 394 g/mol. The van der Waals surface area contributed by atoms with E-state index in [0.717, 1.165) is 4.47 Å². The topological polar surface area (TPSA) is 56.5 Å². The van der Waals surface area contributed by atoms with Gasteiger partial charge in [-0.05, 0) is 43.3 Å². The quantitative estimate of drug-likeness (QED) is 0.618. The van der Waals surface area contributed by atoms with Crippen molar-refractivity contribution in [2.75, 3.05) is 7.11 Å². The minimum atomic E-state index is -0.240. The van der Waals surface area contributed by atoms with E-state index in [-0.39, 0.29) is 5.56 Å². The fraction of sp³-hybridized carbons (Fsp3) is 0.118. The molecule has 3 aromatic rings. The summed E-state index contributed by atoms with van der Waals surface area (Å²) in [6.07, 6.45) is 1.53. The van der Waals surface area contributed by atoms with Gasteiger partial charge in [-0.2, -0.15) is 9.78 Å². The lowest BCUT2D eigenvalue weighted by atomic mass is 10.2. The molecule has 0 aliphatic rings. The van der Waals surface area contributed by atoms with Gasteiger partial charge in [0.25, 0.3) is 5.56 Å². The van der Waals surface area contributed by atoms with Gasteiger partial charge in [0.1, 0.15) is 11.6 Å². The van der Waals surface area contributed by atoms with E-state index in [1.54, 1.807) is 44.4 Å². The molecule has 0 atom stereocenters. The number of fused-ring (bicyclic) bond motifs is 1. The van der Waals surface area contributed by atoms with Gasteiger partial charge in [-0.25, -0.2) is 4.98 Å². The van der Waals surface area contributed by atoms with Crippen molar-refractivity contribution < 1.29 is 4.74 Å². The summed E-state index contributed by atoms with van der Waals surface area (Å²) in [6, 6.07) is 10.6. The van der Waals surface area contributed by atoms with Crippen molar-refractivity contribution in [1.82, 2.24) is 9.66 Å². The van der Waals surface area contributed by atoms with Crippen LogP contribution < -0.4 is 10.3 Å². The zero-order chi connectivity index (χ0) is 17.3. The molecule has 0 saturated carbocycles. The Morgan fingerprint density at radius 3 is 2.83 bits per heavy atom. The van der Waals surface area contributed by atoms with E-state index in [0.29, 0.717) is 33.1 Å². The monoisotopic (exact) mass is 405 g/mol. The van der Waals surface area contributed by atoms with E-state index < -0.39 is 0 Å². The summed E-state index contributed by atoms with van der Waals surface area (Å²) in [6.45, 7) is 1.73. The number of hydrogen-bond donors (Lipinski definition) is 0. The molecule has 0 fully saturated rings. The minimum Gasteiger partial charge on any atom is -0.496 e. The Balaban J connectivity index is 2.14. The third kappa shape index (κ3) is 3.20.